The molecule has 7 nitrogen and oxygen atoms in total. The second-order valence-electron chi connectivity index (χ2n) is 5.18. The molecule has 0 aliphatic carbocycles. The second kappa shape index (κ2) is 6.49. The molecule has 24 heavy (non-hydrogen) atoms. The maximum atomic E-state index is 11.6. The topological polar surface area (TPSA) is 88.5 Å². The van der Waals surface area contributed by atoms with Crippen LogP contribution < -0.4 is 0 Å². The lowest BCUT2D eigenvalue weighted by molar-refractivity contribution is -0.139. The van der Waals surface area contributed by atoms with E-state index in [1.807, 2.05) is 29.5 Å². The van der Waals surface area contributed by atoms with Crippen LogP contribution >= 0.6 is 0 Å². The van der Waals surface area contributed by atoms with Crippen molar-refractivity contribution < 1.29 is 14.6 Å². The van der Waals surface area contributed by atoms with Crippen molar-refractivity contribution in [3.8, 4) is 5.75 Å². The summed E-state index contributed by atoms with van der Waals surface area (Å²) in [6.45, 7) is 1.91. The lowest BCUT2D eigenvalue weighted by Crippen LogP contribution is -2.04. The van der Waals surface area contributed by atoms with Crippen LogP contribution in [0.1, 0.15) is 11.4 Å². The van der Waals surface area contributed by atoms with Gasteiger partial charge in [0.1, 0.15) is 17.1 Å². The molecule has 0 aliphatic rings. The Morgan fingerprint density at radius 3 is 2.75 bits per heavy atom. The molecule has 3 aromatic rings. The van der Waals surface area contributed by atoms with Gasteiger partial charge >= 0.3 is 5.97 Å². The molecule has 1 N–H and O–H groups in total. The number of carbonyl (C=O) groups is 1. The fraction of sp³-hybridized carbons (Fsp3) is 0.176. The second-order valence-corrected chi connectivity index (χ2v) is 5.18. The third-order valence-electron chi connectivity index (χ3n) is 3.56. The molecular formula is C17H16N4O3. The Bertz CT molecular complexity index is 931. The Balaban J connectivity index is 2.12. The van der Waals surface area contributed by atoms with Gasteiger partial charge in [-0.2, -0.15) is 0 Å². The van der Waals surface area contributed by atoms with E-state index in [4.69, 9.17) is 4.74 Å². The predicted molar refractivity (Wildman–Crippen MR) is 87.9 cm³/mol. The standard InChI is InChI=1S/C17H16N4O3/c1-11-6-5-9-15-18-13(10-16(23)24-2)17(21(11)15)20-19-12-7-3-4-8-14(12)22/h3-9,22H,10H2,1-2H3. The lowest BCUT2D eigenvalue weighted by atomic mass is 10.3. The first-order chi connectivity index (χ1) is 11.6. The van der Waals surface area contributed by atoms with E-state index in [0.29, 0.717) is 22.8 Å². The number of aryl methyl sites for hydroxylation is 1. The zero-order chi connectivity index (χ0) is 17.1. The Morgan fingerprint density at radius 2 is 2.00 bits per heavy atom. The molecule has 0 saturated heterocycles. The first kappa shape index (κ1) is 15.7. The number of ether oxygens (including phenoxy) is 1. The number of azo groups is 1. The summed E-state index contributed by atoms with van der Waals surface area (Å²) >= 11 is 0. The highest BCUT2D eigenvalue weighted by Gasteiger charge is 2.17. The highest BCUT2D eigenvalue weighted by Crippen LogP contribution is 2.30. The SMILES string of the molecule is COC(=O)Cc1nc2cccc(C)n2c1N=Nc1ccccc1O. The van der Waals surface area contributed by atoms with Crippen LogP contribution in [0, 0.1) is 6.92 Å². The number of fused-ring (bicyclic) bond motifs is 1. The summed E-state index contributed by atoms with van der Waals surface area (Å²) in [5, 5.41) is 18.1. The quantitative estimate of drug-likeness (QED) is 0.588. The number of carbonyl (C=O) groups excluding carboxylic acids is 1. The van der Waals surface area contributed by atoms with Crippen molar-refractivity contribution in [2.75, 3.05) is 7.11 Å². The number of rotatable bonds is 4. The van der Waals surface area contributed by atoms with Gasteiger partial charge in [-0.25, -0.2) is 4.98 Å². The van der Waals surface area contributed by atoms with Crippen LogP contribution in [0.3, 0.4) is 0 Å². The van der Waals surface area contributed by atoms with Gasteiger partial charge in [-0.1, -0.05) is 18.2 Å². The molecular weight excluding hydrogens is 308 g/mol. The first-order valence-corrected chi connectivity index (χ1v) is 7.33. The Labute approximate surface area is 138 Å². The summed E-state index contributed by atoms with van der Waals surface area (Å²) < 4.78 is 6.52. The molecule has 2 aromatic heterocycles. The van der Waals surface area contributed by atoms with Crippen LogP contribution in [-0.4, -0.2) is 27.6 Å². The molecule has 122 valence electrons. The van der Waals surface area contributed by atoms with E-state index in [2.05, 4.69) is 15.2 Å². The summed E-state index contributed by atoms with van der Waals surface area (Å²) in [5.74, 6) is 0.0631. The average molecular weight is 324 g/mol. The Hall–Kier alpha value is -3.22. The number of aromatic nitrogens is 2. The number of hydrogen-bond donors (Lipinski definition) is 1. The average Bonchev–Trinajstić information content (AvgIpc) is 2.92. The van der Waals surface area contributed by atoms with Gasteiger partial charge in [-0.05, 0) is 31.2 Å². The smallest absolute Gasteiger partial charge is 0.311 e. The summed E-state index contributed by atoms with van der Waals surface area (Å²) in [5.41, 5.74) is 2.38. The molecule has 0 bridgehead atoms. The van der Waals surface area contributed by atoms with E-state index < -0.39 is 5.97 Å². The van der Waals surface area contributed by atoms with Crippen molar-refractivity contribution in [3.05, 3.63) is 53.9 Å². The van der Waals surface area contributed by atoms with E-state index in [1.54, 1.807) is 18.2 Å². The van der Waals surface area contributed by atoms with Gasteiger partial charge in [-0.3, -0.25) is 9.20 Å². The molecule has 0 aliphatic heterocycles. The number of pyridine rings is 1. The maximum absolute atomic E-state index is 11.6. The van der Waals surface area contributed by atoms with E-state index in [1.165, 1.54) is 13.2 Å². The number of nitrogens with zero attached hydrogens (tertiary/aromatic N) is 4. The molecule has 0 saturated carbocycles. The normalized spacial score (nSPS) is 11.2. The molecule has 0 spiro atoms. The third kappa shape index (κ3) is 2.96. The Morgan fingerprint density at radius 1 is 1.21 bits per heavy atom. The van der Waals surface area contributed by atoms with Crippen LogP contribution in [0.15, 0.2) is 52.7 Å². The minimum Gasteiger partial charge on any atom is -0.506 e. The van der Waals surface area contributed by atoms with Crippen LogP contribution in [0.25, 0.3) is 5.65 Å². The van der Waals surface area contributed by atoms with Gasteiger partial charge in [0.25, 0.3) is 0 Å². The van der Waals surface area contributed by atoms with Crippen LogP contribution in [0.5, 0.6) is 5.75 Å². The molecule has 0 unspecified atom stereocenters. The molecule has 0 radical (unpaired) electrons. The number of methoxy groups -OCH3 is 1. The largest absolute Gasteiger partial charge is 0.506 e. The first-order valence-electron chi connectivity index (χ1n) is 7.33. The summed E-state index contributed by atoms with van der Waals surface area (Å²) in [4.78, 5) is 16.1. The number of phenolic OH excluding ortho intramolecular Hbond substituents is 1. The zero-order valence-electron chi connectivity index (χ0n) is 13.3. The highest BCUT2D eigenvalue weighted by molar-refractivity contribution is 5.74. The number of phenols is 1. The third-order valence-corrected chi connectivity index (χ3v) is 3.56. The van der Waals surface area contributed by atoms with Crippen LogP contribution in [0.4, 0.5) is 11.5 Å². The van der Waals surface area contributed by atoms with Crippen molar-refractivity contribution >= 4 is 23.1 Å². The number of benzene rings is 1. The van der Waals surface area contributed by atoms with Crippen molar-refractivity contribution in [2.24, 2.45) is 10.2 Å². The summed E-state index contributed by atoms with van der Waals surface area (Å²) in [6.07, 6.45) is -0.00720. The number of para-hydroxylation sites is 1. The minimum atomic E-state index is -0.407. The monoisotopic (exact) mass is 324 g/mol. The maximum Gasteiger partial charge on any atom is 0.311 e. The van der Waals surface area contributed by atoms with E-state index in [-0.39, 0.29) is 12.2 Å². The molecule has 0 fully saturated rings. The molecule has 2 heterocycles. The summed E-state index contributed by atoms with van der Waals surface area (Å²) in [7, 11) is 1.33. The summed E-state index contributed by atoms with van der Waals surface area (Å²) in [6, 6.07) is 12.3. The fourth-order valence-electron chi connectivity index (χ4n) is 2.36. The van der Waals surface area contributed by atoms with Gasteiger partial charge < -0.3 is 9.84 Å². The van der Waals surface area contributed by atoms with Gasteiger partial charge in [0.05, 0.1) is 19.2 Å². The molecule has 0 amide bonds. The van der Waals surface area contributed by atoms with Gasteiger partial charge in [0, 0.05) is 5.69 Å². The predicted octanol–water partition coefficient (Wildman–Crippen LogP) is 3.48. The van der Waals surface area contributed by atoms with Crippen LogP contribution in [0.2, 0.25) is 0 Å². The zero-order valence-corrected chi connectivity index (χ0v) is 13.3. The van der Waals surface area contributed by atoms with E-state index in [9.17, 15) is 9.90 Å². The van der Waals surface area contributed by atoms with E-state index in [0.717, 1.165) is 5.69 Å². The lowest BCUT2D eigenvalue weighted by Gasteiger charge is -2.02. The number of hydrogen-bond acceptors (Lipinski definition) is 6. The molecule has 0 atom stereocenters. The molecule has 3 rings (SSSR count). The van der Waals surface area contributed by atoms with E-state index >= 15 is 0 Å². The fourth-order valence-corrected chi connectivity index (χ4v) is 2.36. The van der Waals surface area contributed by atoms with Gasteiger partial charge in [0.2, 0.25) is 0 Å². The Kier molecular flexibility index (Phi) is 4.24. The number of aromatic hydroxyl groups is 1. The number of imidazole rings is 1. The minimum absolute atomic E-state index is 0.00720. The van der Waals surface area contributed by atoms with Crippen molar-refractivity contribution in [2.45, 2.75) is 13.3 Å². The number of esters is 1. The van der Waals surface area contributed by atoms with Gasteiger partial charge in [0.15, 0.2) is 5.82 Å². The molecule has 1 aromatic carbocycles. The van der Waals surface area contributed by atoms with Gasteiger partial charge in [-0.15, -0.1) is 10.2 Å². The molecule has 7 heteroatoms. The van der Waals surface area contributed by atoms with Crippen molar-refractivity contribution in [1.82, 2.24) is 9.38 Å². The van der Waals surface area contributed by atoms with Crippen molar-refractivity contribution in [1.29, 1.82) is 0 Å². The van der Waals surface area contributed by atoms with Crippen LogP contribution in [-0.2, 0) is 16.0 Å². The highest BCUT2D eigenvalue weighted by atomic mass is 16.5. The van der Waals surface area contributed by atoms with Crippen molar-refractivity contribution in [3.63, 3.8) is 0 Å².